The summed E-state index contributed by atoms with van der Waals surface area (Å²) in [6, 6.07) is 7.61. The van der Waals surface area contributed by atoms with Gasteiger partial charge in [-0.3, -0.25) is 9.59 Å². The standard InChI is InChI=1S/C25H33N3O5/c1-5-33-25(31)22-16(2)23(27-17(22)3)24(30)28-12-10-18(11-13-28)14-21(29)26-15-19-6-8-20(32-4)9-7-19/h6-9,18,27H,5,10-15H2,1-4H3,(H,26,29). The third-order valence-corrected chi connectivity index (χ3v) is 6.16. The Kier molecular flexibility index (Phi) is 8.14. The van der Waals surface area contributed by atoms with E-state index < -0.39 is 5.97 Å². The summed E-state index contributed by atoms with van der Waals surface area (Å²) in [6.45, 7) is 7.23. The van der Waals surface area contributed by atoms with Gasteiger partial charge in [0.1, 0.15) is 11.4 Å². The molecule has 2 heterocycles. The van der Waals surface area contributed by atoms with Crippen LogP contribution in [0.15, 0.2) is 24.3 Å². The topological polar surface area (TPSA) is 101 Å². The van der Waals surface area contributed by atoms with Crippen LogP contribution in [0.2, 0.25) is 0 Å². The van der Waals surface area contributed by atoms with E-state index in [0.717, 1.165) is 24.2 Å². The van der Waals surface area contributed by atoms with Crippen molar-refractivity contribution in [3.8, 4) is 5.75 Å². The number of benzene rings is 1. The van der Waals surface area contributed by atoms with E-state index in [2.05, 4.69) is 10.3 Å². The fraction of sp³-hybridized carbons (Fsp3) is 0.480. The number of amides is 2. The summed E-state index contributed by atoms with van der Waals surface area (Å²) in [5.74, 6) is 0.515. The number of piperidine rings is 1. The average Bonchev–Trinajstić information content (AvgIpc) is 3.12. The van der Waals surface area contributed by atoms with Crippen LogP contribution in [0.25, 0.3) is 0 Å². The van der Waals surface area contributed by atoms with E-state index in [9.17, 15) is 14.4 Å². The van der Waals surface area contributed by atoms with Gasteiger partial charge in [-0.2, -0.15) is 0 Å². The number of nitrogens with zero attached hydrogens (tertiary/aromatic N) is 1. The van der Waals surface area contributed by atoms with Crippen molar-refractivity contribution in [2.75, 3.05) is 26.8 Å². The van der Waals surface area contributed by atoms with Crippen molar-refractivity contribution in [2.24, 2.45) is 5.92 Å². The number of aryl methyl sites for hydroxylation is 1. The van der Waals surface area contributed by atoms with Crippen LogP contribution in [-0.4, -0.2) is 54.5 Å². The molecule has 1 saturated heterocycles. The predicted molar refractivity (Wildman–Crippen MR) is 124 cm³/mol. The van der Waals surface area contributed by atoms with Crippen LogP contribution < -0.4 is 10.1 Å². The van der Waals surface area contributed by atoms with E-state index in [1.54, 1.807) is 32.8 Å². The van der Waals surface area contributed by atoms with Gasteiger partial charge in [0.25, 0.3) is 5.91 Å². The molecule has 0 unspecified atom stereocenters. The molecule has 0 saturated carbocycles. The number of methoxy groups -OCH3 is 1. The van der Waals surface area contributed by atoms with Gasteiger partial charge in [-0.25, -0.2) is 4.79 Å². The monoisotopic (exact) mass is 455 g/mol. The molecule has 8 nitrogen and oxygen atoms in total. The second kappa shape index (κ2) is 11.0. The molecular weight excluding hydrogens is 422 g/mol. The second-order valence-electron chi connectivity index (χ2n) is 8.41. The van der Waals surface area contributed by atoms with Crippen molar-refractivity contribution < 1.29 is 23.9 Å². The molecular formula is C25H33N3O5. The highest BCUT2D eigenvalue weighted by Gasteiger charge is 2.29. The van der Waals surface area contributed by atoms with Gasteiger partial charge >= 0.3 is 5.97 Å². The number of rotatable bonds is 8. The molecule has 2 aromatic rings. The molecule has 2 amide bonds. The van der Waals surface area contributed by atoms with Crippen LogP contribution in [0.3, 0.4) is 0 Å². The van der Waals surface area contributed by atoms with Crippen molar-refractivity contribution in [3.05, 3.63) is 52.3 Å². The lowest BCUT2D eigenvalue weighted by Gasteiger charge is -2.31. The maximum atomic E-state index is 13.1. The highest BCUT2D eigenvalue weighted by atomic mass is 16.5. The van der Waals surface area contributed by atoms with Crippen molar-refractivity contribution in [1.29, 1.82) is 0 Å². The molecule has 0 spiro atoms. The highest BCUT2D eigenvalue weighted by Crippen LogP contribution is 2.25. The molecule has 178 valence electrons. The number of carbonyl (C=O) groups excluding carboxylic acids is 3. The number of aromatic amines is 1. The number of aromatic nitrogens is 1. The SMILES string of the molecule is CCOC(=O)c1c(C)[nH]c(C(=O)N2CCC(CC(=O)NCc3ccc(OC)cc3)CC2)c1C. The van der Waals surface area contributed by atoms with E-state index in [1.165, 1.54) is 0 Å². The molecule has 0 atom stereocenters. The van der Waals surface area contributed by atoms with Gasteiger partial charge in [-0.1, -0.05) is 12.1 Å². The molecule has 1 aliphatic heterocycles. The van der Waals surface area contributed by atoms with Crippen LogP contribution >= 0.6 is 0 Å². The zero-order chi connectivity index (χ0) is 24.0. The molecule has 1 aromatic heterocycles. The van der Waals surface area contributed by atoms with Crippen LogP contribution in [0.4, 0.5) is 0 Å². The zero-order valence-electron chi connectivity index (χ0n) is 19.8. The molecule has 1 fully saturated rings. The Bertz CT molecular complexity index is 988. The summed E-state index contributed by atoms with van der Waals surface area (Å²) < 4.78 is 10.3. The summed E-state index contributed by atoms with van der Waals surface area (Å²) in [5, 5.41) is 2.97. The summed E-state index contributed by atoms with van der Waals surface area (Å²) in [7, 11) is 1.62. The molecule has 1 aliphatic rings. The smallest absolute Gasteiger partial charge is 0.340 e. The Morgan fingerprint density at radius 3 is 2.39 bits per heavy atom. The first-order chi connectivity index (χ1) is 15.8. The second-order valence-corrected chi connectivity index (χ2v) is 8.41. The Labute approximate surface area is 194 Å². The number of carbonyl (C=O) groups is 3. The fourth-order valence-corrected chi connectivity index (χ4v) is 4.25. The summed E-state index contributed by atoms with van der Waals surface area (Å²) in [4.78, 5) is 42.5. The molecule has 1 aromatic carbocycles. The summed E-state index contributed by atoms with van der Waals surface area (Å²) in [6.07, 6.45) is 1.99. The molecule has 0 radical (unpaired) electrons. The van der Waals surface area contributed by atoms with Crippen molar-refractivity contribution >= 4 is 17.8 Å². The molecule has 0 bridgehead atoms. The van der Waals surface area contributed by atoms with Gasteiger partial charge in [0, 0.05) is 31.7 Å². The first-order valence-electron chi connectivity index (χ1n) is 11.4. The van der Waals surface area contributed by atoms with E-state index in [1.807, 2.05) is 24.3 Å². The number of esters is 1. The Hall–Kier alpha value is -3.29. The minimum Gasteiger partial charge on any atom is -0.497 e. The molecule has 2 N–H and O–H groups in total. The van der Waals surface area contributed by atoms with Crippen molar-refractivity contribution in [1.82, 2.24) is 15.2 Å². The van der Waals surface area contributed by atoms with Crippen molar-refractivity contribution in [3.63, 3.8) is 0 Å². The molecule has 8 heteroatoms. The van der Waals surface area contributed by atoms with Gasteiger partial charge in [0.05, 0.1) is 19.3 Å². The number of hydrogen-bond acceptors (Lipinski definition) is 5. The third-order valence-electron chi connectivity index (χ3n) is 6.16. The highest BCUT2D eigenvalue weighted by molar-refractivity contribution is 6.00. The van der Waals surface area contributed by atoms with Gasteiger partial charge in [-0.15, -0.1) is 0 Å². The maximum Gasteiger partial charge on any atom is 0.340 e. The van der Waals surface area contributed by atoms with Gasteiger partial charge in [-0.05, 0) is 62.8 Å². The molecule has 0 aliphatic carbocycles. The number of ether oxygens (including phenoxy) is 2. The van der Waals surface area contributed by atoms with E-state index >= 15 is 0 Å². The minimum absolute atomic E-state index is 0.0190. The number of nitrogens with one attached hydrogen (secondary N) is 2. The fourth-order valence-electron chi connectivity index (χ4n) is 4.25. The maximum absolute atomic E-state index is 13.1. The van der Waals surface area contributed by atoms with Crippen molar-refractivity contribution in [2.45, 2.75) is 46.6 Å². The number of likely N-dealkylation sites (tertiary alicyclic amines) is 1. The molecule has 33 heavy (non-hydrogen) atoms. The van der Waals surface area contributed by atoms with Crippen LogP contribution in [-0.2, 0) is 16.1 Å². The lowest BCUT2D eigenvalue weighted by molar-refractivity contribution is -0.122. The normalized spacial score (nSPS) is 14.1. The number of H-pyrrole nitrogens is 1. The van der Waals surface area contributed by atoms with Gasteiger partial charge in [0.15, 0.2) is 0 Å². The van der Waals surface area contributed by atoms with E-state index in [-0.39, 0.29) is 24.3 Å². The lowest BCUT2D eigenvalue weighted by atomic mass is 9.93. The van der Waals surface area contributed by atoms with E-state index in [4.69, 9.17) is 9.47 Å². The largest absolute Gasteiger partial charge is 0.497 e. The van der Waals surface area contributed by atoms with Crippen LogP contribution in [0.5, 0.6) is 5.75 Å². The quantitative estimate of drug-likeness (QED) is 0.595. The first-order valence-corrected chi connectivity index (χ1v) is 11.4. The van der Waals surface area contributed by atoms with Crippen LogP contribution in [0.1, 0.15) is 63.9 Å². The zero-order valence-corrected chi connectivity index (χ0v) is 19.8. The molecule has 3 rings (SSSR count). The lowest BCUT2D eigenvalue weighted by Crippen LogP contribution is -2.40. The minimum atomic E-state index is -0.415. The van der Waals surface area contributed by atoms with Gasteiger partial charge < -0.3 is 24.7 Å². The summed E-state index contributed by atoms with van der Waals surface area (Å²) in [5.41, 5.74) is 3.15. The predicted octanol–water partition coefficient (Wildman–Crippen LogP) is 3.38. The summed E-state index contributed by atoms with van der Waals surface area (Å²) >= 11 is 0. The van der Waals surface area contributed by atoms with Crippen LogP contribution in [0, 0.1) is 19.8 Å². The Morgan fingerprint density at radius 2 is 1.79 bits per heavy atom. The van der Waals surface area contributed by atoms with E-state index in [0.29, 0.717) is 48.6 Å². The number of hydrogen-bond donors (Lipinski definition) is 2. The third kappa shape index (κ3) is 5.94. The first kappa shape index (κ1) is 24.4. The Morgan fingerprint density at radius 1 is 1.12 bits per heavy atom. The van der Waals surface area contributed by atoms with Gasteiger partial charge in [0.2, 0.25) is 5.91 Å². The Balaban J connectivity index is 1.49. The average molecular weight is 456 g/mol.